The summed E-state index contributed by atoms with van der Waals surface area (Å²) in [6, 6.07) is 0.315. The molecule has 0 N–H and O–H groups in total. The second-order valence-electron chi connectivity index (χ2n) is 4.32. The first-order valence-corrected chi connectivity index (χ1v) is 5.88. The molecule has 0 aliphatic carbocycles. The molecule has 0 aromatic rings. The van der Waals surface area contributed by atoms with Gasteiger partial charge < -0.3 is 9.64 Å². The van der Waals surface area contributed by atoms with Gasteiger partial charge in [-0.2, -0.15) is 0 Å². The van der Waals surface area contributed by atoms with E-state index in [2.05, 4.69) is 4.90 Å². The van der Waals surface area contributed by atoms with Crippen LogP contribution in [0.5, 0.6) is 0 Å². The number of carbonyl (C=O) groups excluding carboxylic acids is 2. The molecule has 90 valence electrons. The fraction of sp³-hybridized carbons (Fsp3) is 0.818. The number of hydrogen-bond acceptors (Lipinski definition) is 4. The SMILES string of the molecule is CCOC(=O)CN1CCN2C(=O)CC[C@H]2C1. The van der Waals surface area contributed by atoms with Crippen molar-refractivity contribution in [2.45, 2.75) is 25.8 Å². The number of piperazine rings is 1. The van der Waals surface area contributed by atoms with Crippen LogP contribution < -0.4 is 0 Å². The molecule has 0 saturated carbocycles. The van der Waals surface area contributed by atoms with Gasteiger partial charge in [-0.1, -0.05) is 0 Å². The molecule has 1 atom stereocenters. The number of amides is 1. The maximum Gasteiger partial charge on any atom is 0.320 e. The molecule has 0 aromatic heterocycles. The lowest BCUT2D eigenvalue weighted by Gasteiger charge is -2.36. The zero-order valence-corrected chi connectivity index (χ0v) is 9.65. The standard InChI is InChI=1S/C11H18N2O3/c1-2-16-11(15)8-12-5-6-13-9(7-12)3-4-10(13)14/h9H,2-8H2,1H3/t9-/m0/s1. The Labute approximate surface area is 95.3 Å². The topological polar surface area (TPSA) is 49.9 Å². The molecule has 2 heterocycles. The van der Waals surface area contributed by atoms with Crippen LogP contribution in [0.2, 0.25) is 0 Å². The Morgan fingerprint density at radius 3 is 3.06 bits per heavy atom. The predicted molar refractivity (Wildman–Crippen MR) is 57.8 cm³/mol. The van der Waals surface area contributed by atoms with E-state index in [1.165, 1.54) is 0 Å². The maximum absolute atomic E-state index is 11.5. The summed E-state index contributed by atoms with van der Waals surface area (Å²) in [6.07, 6.45) is 1.59. The van der Waals surface area contributed by atoms with E-state index in [1.54, 1.807) is 0 Å². The van der Waals surface area contributed by atoms with Gasteiger partial charge in [0.25, 0.3) is 0 Å². The van der Waals surface area contributed by atoms with Crippen LogP contribution in [0, 0.1) is 0 Å². The number of hydrogen-bond donors (Lipinski definition) is 0. The molecule has 16 heavy (non-hydrogen) atoms. The fourth-order valence-electron chi connectivity index (χ4n) is 2.46. The molecular formula is C11H18N2O3. The highest BCUT2D eigenvalue weighted by atomic mass is 16.5. The Balaban J connectivity index is 1.83. The van der Waals surface area contributed by atoms with Crippen LogP contribution in [0.4, 0.5) is 0 Å². The minimum absolute atomic E-state index is 0.166. The molecule has 2 fully saturated rings. The van der Waals surface area contributed by atoms with E-state index < -0.39 is 0 Å². The van der Waals surface area contributed by atoms with Crippen molar-refractivity contribution >= 4 is 11.9 Å². The van der Waals surface area contributed by atoms with Crippen molar-refractivity contribution in [1.82, 2.24) is 9.80 Å². The number of fused-ring (bicyclic) bond motifs is 1. The molecule has 5 nitrogen and oxygen atoms in total. The van der Waals surface area contributed by atoms with Crippen LogP contribution in [-0.2, 0) is 14.3 Å². The highest BCUT2D eigenvalue weighted by Crippen LogP contribution is 2.22. The van der Waals surface area contributed by atoms with E-state index in [-0.39, 0.29) is 11.9 Å². The average molecular weight is 226 g/mol. The van der Waals surface area contributed by atoms with Gasteiger partial charge in [0.15, 0.2) is 0 Å². The van der Waals surface area contributed by atoms with Crippen molar-refractivity contribution in [2.75, 3.05) is 32.8 Å². The summed E-state index contributed by atoms with van der Waals surface area (Å²) in [6.45, 7) is 4.94. The van der Waals surface area contributed by atoms with Crippen LogP contribution in [-0.4, -0.2) is 60.5 Å². The first-order chi connectivity index (χ1) is 7.70. The first-order valence-electron chi connectivity index (χ1n) is 5.88. The molecule has 1 amide bonds. The van der Waals surface area contributed by atoms with Gasteiger partial charge >= 0.3 is 5.97 Å². The number of nitrogens with zero attached hydrogens (tertiary/aromatic N) is 2. The van der Waals surface area contributed by atoms with Crippen molar-refractivity contribution < 1.29 is 14.3 Å². The zero-order chi connectivity index (χ0) is 11.5. The Kier molecular flexibility index (Phi) is 3.43. The second-order valence-corrected chi connectivity index (χ2v) is 4.32. The van der Waals surface area contributed by atoms with E-state index in [0.29, 0.717) is 25.6 Å². The van der Waals surface area contributed by atoms with Gasteiger partial charge in [-0.05, 0) is 13.3 Å². The summed E-state index contributed by atoms with van der Waals surface area (Å²) in [7, 11) is 0. The summed E-state index contributed by atoms with van der Waals surface area (Å²) in [5.74, 6) is 0.0982. The number of carbonyl (C=O) groups is 2. The smallest absolute Gasteiger partial charge is 0.320 e. The fourth-order valence-corrected chi connectivity index (χ4v) is 2.46. The molecule has 0 spiro atoms. The summed E-state index contributed by atoms with van der Waals surface area (Å²) < 4.78 is 4.92. The molecule has 5 heteroatoms. The minimum atomic E-state index is -0.166. The Morgan fingerprint density at radius 2 is 2.31 bits per heavy atom. The van der Waals surface area contributed by atoms with Crippen LogP contribution in [0.1, 0.15) is 19.8 Å². The van der Waals surface area contributed by atoms with Crippen molar-refractivity contribution in [1.29, 1.82) is 0 Å². The second kappa shape index (κ2) is 4.82. The summed E-state index contributed by atoms with van der Waals surface area (Å²) >= 11 is 0. The summed E-state index contributed by atoms with van der Waals surface area (Å²) in [4.78, 5) is 26.8. The molecule has 0 aromatic carbocycles. The van der Waals surface area contributed by atoms with Gasteiger partial charge in [-0.15, -0.1) is 0 Å². The van der Waals surface area contributed by atoms with Crippen LogP contribution in [0.25, 0.3) is 0 Å². The zero-order valence-electron chi connectivity index (χ0n) is 9.65. The van der Waals surface area contributed by atoms with Crippen molar-refractivity contribution in [3.05, 3.63) is 0 Å². The van der Waals surface area contributed by atoms with Gasteiger partial charge in [0.1, 0.15) is 0 Å². The van der Waals surface area contributed by atoms with E-state index in [4.69, 9.17) is 4.74 Å². The maximum atomic E-state index is 11.5. The minimum Gasteiger partial charge on any atom is -0.465 e. The lowest BCUT2D eigenvalue weighted by atomic mass is 10.1. The molecule has 2 rings (SSSR count). The average Bonchev–Trinajstić information content (AvgIpc) is 2.60. The van der Waals surface area contributed by atoms with Crippen molar-refractivity contribution in [3.8, 4) is 0 Å². The molecule has 2 saturated heterocycles. The van der Waals surface area contributed by atoms with Gasteiger partial charge in [-0.3, -0.25) is 14.5 Å². The molecule has 0 radical (unpaired) electrons. The number of ether oxygens (including phenoxy) is 1. The van der Waals surface area contributed by atoms with E-state index in [0.717, 1.165) is 26.1 Å². The largest absolute Gasteiger partial charge is 0.465 e. The Bertz CT molecular complexity index is 293. The predicted octanol–water partition coefficient (Wildman–Crippen LogP) is -0.144. The molecule has 0 bridgehead atoms. The number of esters is 1. The van der Waals surface area contributed by atoms with Gasteiger partial charge in [0.2, 0.25) is 5.91 Å². The summed E-state index contributed by atoms with van der Waals surface area (Å²) in [5, 5.41) is 0. The normalized spacial score (nSPS) is 25.7. The quantitative estimate of drug-likeness (QED) is 0.628. The third-order valence-electron chi connectivity index (χ3n) is 3.24. The molecule has 2 aliphatic rings. The van der Waals surface area contributed by atoms with E-state index in [1.807, 2.05) is 11.8 Å². The van der Waals surface area contributed by atoms with Crippen LogP contribution in [0.3, 0.4) is 0 Å². The van der Waals surface area contributed by atoms with Crippen LogP contribution in [0.15, 0.2) is 0 Å². The van der Waals surface area contributed by atoms with E-state index >= 15 is 0 Å². The van der Waals surface area contributed by atoms with Crippen molar-refractivity contribution in [2.24, 2.45) is 0 Å². The lowest BCUT2D eigenvalue weighted by Crippen LogP contribution is -2.52. The van der Waals surface area contributed by atoms with E-state index in [9.17, 15) is 9.59 Å². The summed E-state index contributed by atoms with van der Waals surface area (Å²) in [5.41, 5.74) is 0. The first kappa shape index (κ1) is 11.4. The third-order valence-corrected chi connectivity index (χ3v) is 3.24. The molecule has 0 unspecified atom stereocenters. The molecule has 2 aliphatic heterocycles. The monoisotopic (exact) mass is 226 g/mol. The third kappa shape index (κ3) is 2.35. The number of rotatable bonds is 3. The van der Waals surface area contributed by atoms with Crippen LogP contribution >= 0.6 is 0 Å². The van der Waals surface area contributed by atoms with Crippen molar-refractivity contribution in [3.63, 3.8) is 0 Å². The Morgan fingerprint density at radius 1 is 1.50 bits per heavy atom. The Hall–Kier alpha value is -1.10. The van der Waals surface area contributed by atoms with Gasteiger partial charge in [-0.25, -0.2) is 0 Å². The lowest BCUT2D eigenvalue weighted by molar-refractivity contribution is -0.145. The van der Waals surface area contributed by atoms with Gasteiger partial charge in [0, 0.05) is 32.1 Å². The van der Waals surface area contributed by atoms with Gasteiger partial charge in [0.05, 0.1) is 13.2 Å². The highest BCUT2D eigenvalue weighted by Gasteiger charge is 2.35. The molecular weight excluding hydrogens is 208 g/mol. The highest BCUT2D eigenvalue weighted by molar-refractivity contribution is 5.79.